The number of allylic oxidation sites excluding steroid dienone is 18. The summed E-state index contributed by atoms with van der Waals surface area (Å²) in [6.45, 7) is 6.37. The van der Waals surface area contributed by atoms with Crippen LogP contribution in [0.5, 0.6) is 0 Å². The molecule has 0 bridgehead atoms. The van der Waals surface area contributed by atoms with Crippen molar-refractivity contribution in [2.75, 3.05) is 13.2 Å². The highest BCUT2D eigenvalue weighted by molar-refractivity contribution is 5.71. The SMILES string of the molecule is CC/C=C\C/C=C\C/C=C\C/C=C\CCCCCCCCCCCCCCCCCCCCCCCCC(=O)OCC(COC(=O)CC/C=C\C/C=C\C/C=C\C/C=C\CC)OC(=O)CCCCCCCCC/C=C\CCCCCCCC. The number of rotatable bonds is 64. The first kappa shape index (κ1) is 79.1. The average molecular weight is 1150 g/mol. The van der Waals surface area contributed by atoms with Crippen LogP contribution in [0, 0.1) is 0 Å². The molecule has 0 aliphatic carbocycles. The van der Waals surface area contributed by atoms with Crippen molar-refractivity contribution < 1.29 is 28.6 Å². The highest BCUT2D eigenvalue weighted by atomic mass is 16.6. The van der Waals surface area contributed by atoms with Gasteiger partial charge in [-0.2, -0.15) is 0 Å². The maximum absolute atomic E-state index is 12.9. The molecule has 83 heavy (non-hydrogen) atoms. The fourth-order valence-corrected chi connectivity index (χ4v) is 10.0. The minimum absolute atomic E-state index is 0.0984. The maximum atomic E-state index is 12.9. The van der Waals surface area contributed by atoms with Crippen LogP contribution in [0.25, 0.3) is 0 Å². The van der Waals surface area contributed by atoms with Gasteiger partial charge in [-0.25, -0.2) is 0 Å². The Kier molecular flexibility index (Phi) is 67.2. The van der Waals surface area contributed by atoms with Crippen molar-refractivity contribution in [3.8, 4) is 0 Å². The Morgan fingerprint density at radius 1 is 0.253 bits per heavy atom. The summed E-state index contributed by atoms with van der Waals surface area (Å²) in [6, 6.07) is 0. The van der Waals surface area contributed by atoms with Crippen LogP contribution in [0.2, 0.25) is 0 Å². The number of ether oxygens (including phenoxy) is 3. The summed E-state index contributed by atoms with van der Waals surface area (Å²) in [4.78, 5) is 38.3. The highest BCUT2D eigenvalue weighted by Crippen LogP contribution is 2.18. The third kappa shape index (κ3) is 68.7. The zero-order valence-corrected chi connectivity index (χ0v) is 54.7. The van der Waals surface area contributed by atoms with E-state index in [2.05, 4.69) is 124 Å². The Morgan fingerprint density at radius 3 is 0.819 bits per heavy atom. The molecular formula is C77H132O6. The summed E-state index contributed by atoms with van der Waals surface area (Å²) in [7, 11) is 0. The molecule has 0 aliphatic heterocycles. The predicted octanol–water partition coefficient (Wildman–Crippen LogP) is 24.6. The quantitative estimate of drug-likeness (QED) is 0.0261. The van der Waals surface area contributed by atoms with Gasteiger partial charge >= 0.3 is 17.9 Å². The largest absolute Gasteiger partial charge is 0.462 e. The van der Waals surface area contributed by atoms with Gasteiger partial charge in [0.05, 0.1) is 0 Å². The van der Waals surface area contributed by atoms with Crippen LogP contribution in [-0.2, 0) is 28.6 Å². The Hall–Kier alpha value is -3.93. The van der Waals surface area contributed by atoms with Crippen LogP contribution < -0.4 is 0 Å². The predicted molar refractivity (Wildman–Crippen MR) is 362 cm³/mol. The standard InChI is InChI=1S/C77H132O6/c1-4-7-10-13-16-19-22-25-27-29-30-31-32-33-34-35-36-37-38-39-40-41-42-43-44-45-46-48-49-52-55-58-61-64-67-70-76(79)82-73-74(72-81-75(78)69-66-63-60-57-54-51-24-21-18-15-12-9-6-3)83-77(80)71-68-65-62-59-56-53-50-47-28-26-23-20-17-14-11-8-5-2/h7,9-10,12,16,18-19,21,25-28,30-31,51,54,60,63,74H,4-6,8,11,13-15,17,20,22-24,29,32-50,52-53,55-59,61-62,64-73H2,1-3H3/b10-7-,12-9-,19-16-,21-18-,27-25-,28-26-,31-30-,54-51-,63-60-. The number of carbonyl (C=O) groups excluding carboxylic acids is 3. The Labute approximate surface area is 514 Å². The first-order chi connectivity index (χ1) is 41.0. The van der Waals surface area contributed by atoms with Crippen molar-refractivity contribution in [2.24, 2.45) is 0 Å². The number of hydrogen-bond acceptors (Lipinski definition) is 6. The second kappa shape index (κ2) is 70.6. The second-order valence-corrected chi connectivity index (χ2v) is 23.4. The number of carbonyl (C=O) groups is 3. The van der Waals surface area contributed by atoms with Gasteiger partial charge in [0.1, 0.15) is 13.2 Å². The van der Waals surface area contributed by atoms with Crippen LogP contribution in [0.15, 0.2) is 109 Å². The third-order valence-corrected chi connectivity index (χ3v) is 15.3. The third-order valence-electron chi connectivity index (χ3n) is 15.3. The summed E-state index contributed by atoms with van der Waals surface area (Å²) in [6.07, 6.45) is 97.3. The first-order valence-corrected chi connectivity index (χ1v) is 35.4. The molecule has 0 spiro atoms. The summed E-state index contributed by atoms with van der Waals surface area (Å²) in [5, 5.41) is 0. The van der Waals surface area contributed by atoms with Gasteiger partial charge in [-0.15, -0.1) is 0 Å². The fraction of sp³-hybridized carbons (Fsp3) is 0.727. The van der Waals surface area contributed by atoms with Crippen LogP contribution in [0.1, 0.15) is 342 Å². The van der Waals surface area contributed by atoms with Gasteiger partial charge in [0.15, 0.2) is 6.10 Å². The van der Waals surface area contributed by atoms with Gasteiger partial charge in [0.2, 0.25) is 0 Å². The van der Waals surface area contributed by atoms with Crippen LogP contribution in [0.3, 0.4) is 0 Å². The number of unbranched alkanes of at least 4 members (excludes halogenated alkanes) is 35. The van der Waals surface area contributed by atoms with Crippen molar-refractivity contribution in [2.45, 2.75) is 348 Å². The Balaban J connectivity index is 4.15. The molecule has 0 aromatic heterocycles. The molecule has 0 saturated carbocycles. The molecule has 0 N–H and O–H groups in total. The molecule has 1 unspecified atom stereocenters. The molecule has 0 radical (unpaired) electrons. The fourth-order valence-electron chi connectivity index (χ4n) is 10.0. The molecule has 0 aliphatic rings. The van der Waals surface area contributed by atoms with Gasteiger partial charge < -0.3 is 14.2 Å². The van der Waals surface area contributed by atoms with E-state index in [0.29, 0.717) is 19.3 Å². The lowest BCUT2D eigenvalue weighted by atomic mass is 10.0. The van der Waals surface area contributed by atoms with Crippen LogP contribution >= 0.6 is 0 Å². The van der Waals surface area contributed by atoms with Gasteiger partial charge in [-0.1, -0.05) is 323 Å². The average Bonchev–Trinajstić information content (AvgIpc) is 3.49. The molecule has 6 nitrogen and oxygen atoms in total. The second-order valence-electron chi connectivity index (χ2n) is 23.4. The minimum atomic E-state index is -0.809. The molecule has 0 saturated heterocycles. The summed E-state index contributed by atoms with van der Waals surface area (Å²) in [5.41, 5.74) is 0. The first-order valence-electron chi connectivity index (χ1n) is 35.4. The molecule has 0 aromatic rings. The van der Waals surface area contributed by atoms with Crippen molar-refractivity contribution in [1.29, 1.82) is 0 Å². The number of esters is 3. The zero-order chi connectivity index (χ0) is 59.9. The molecule has 476 valence electrons. The Morgan fingerprint density at radius 2 is 0.494 bits per heavy atom. The normalized spacial score (nSPS) is 12.8. The van der Waals surface area contributed by atoms with Gasteiger partial charge in [0.25, 0.3) is 0 Å². The lowest BCUT2D eigenvalue weighted by Gasteiger charge is -2.18. The summed E-state index contributed by atoms with van der Waals surface area (Å²) < 4.78 is 16.9. The molecular weight excluding hydrogens is 1020 g/mol. The highest BCUT2D eigenvalue weighted by Gasteiger charge is 2.19. The Bertz CT molecular complexity index is 1660. The molecule has 0 aromatic carbocycles. The maximum Gasteiger partial charge on any atom is 0.306 e. The lowest BCUT2D eigenvalue weighted by Crippen LogP contribution is -2.30. The molecule has 6 heteroatoms. The smallest absolute Gasteiger partial charge is 0.306 e. The van der Waals surface area contributed by atoms with E-state index in [0.717, 1.165) is 89.9 Å². The van der Waals surface area contributed by atoms with Crippen molar-refractivity contribution >= 4 is 17.9 Å². The topological polar surface area (TPSA) is 78.9 Å². The van der Waals surface area contributed by atoms with Gasteiger partial charge in [-0.3, -0.25) is 14.4 Å². The minimum Gasteiger partial charge on any atom is -0.462 e. The van der Waals surface area contributed by atoms with Crippen LogP contribution in [0.4, 0.5) is 0 Å². The van der Waals surface area contributed by atoms with E-state index >= 15 is 0 Å². The van der Waals surface area contributed by atoms with Crippen LogP contribution in [-0.4, -0.2) is 37.2 Å². The van der Waals surface area contributed by atoms with E-state index in [1.165, 1.54) is 205 Å². The van der Waals surface area contributed by atoms with E-state index in [1.807, 2.05) is 6.08 Å². The van der Waals surface area contributed by atoms with Gasteiger partial charge in [-0.05, 0) is 109 Å². The zero-order valence-electron chi connectivity index (χ0n) is 54.7. The molecule has 0 rings (SSSR count). The number of hydrogen-bond donors (Lipinski definition) is 0. The molecule has 0 amide bonds. The van der Waals surface area contributed by atoms with E-state index in [4.69, 9.17) is 14.2 Å². The van der Waals surface area contributed by atoms with E-state index in [-0.39, 0.29) is 37.5 Å². The van der Waals surface area contributed by atoms with Gasteiger partial charge in [0, 0.05) is 19.3 Å². The molecule has 1 atom stereocenters. The van der Waals surface area contributed by atoms with E-state index in [9.17, 15) is 14.4 Å². The van der Waals surface area contributed by atoms with E-state index < -0.39 is 6.10 Å². The van der Waals surface area contributed by atoms with Crippen molar-refractivity contribution in [3.63, 3.8) is 0 Å². The van der Waals surface area contributed by atoms with E-state index in [1.54, 1.807) is 0 Å². The van der Waals surface area contributed by atoms with Crippen molar-refractivity contribution in [1.82, 2.24) is 0 Å². The monoisotopic (exact) mass is 1150 g/mol. The molecule has 0 fully saturated rings. The summed E-state index contributed by atoms with van der Waals surface area (Å²) >= 11 is 0. The summed E-state index contributed by atoms with van der Waals surface area (Å²) in [5.74, 6) is -0.974. The lowest BCUT2D eigenvalue weighted by molar-refractivity contribution is -0.166. The molecule has 0 heterocycles. The van der Waals surface area contributed by atoms with Crippen molar-refractivity contribution in [3.05, 3.63) is 109 Å².